The van der Waals surface area contributed by atoms with E-state index >= 15 is 4.39 Å². The first kappa shape index (κ1) is 25.6. The summed E-state index contributed by atoms with van der Waals surface area (Å²) in [5, 5.41) is 6.70. The van der Waals surface area contributed by atoms with Crippen LogP contribution in [0.2, 0.25) is 0 Å². The van der Waals surface area contributed by atoms with Crippen molar-refractivity contribution in [1.29, 1.82) is 0 Å². The summed E-state index contributed by atoms with van der Waals surface area (Å²) in [5.74, 6) is 1.00. The fourth-order valence-electron chi connectivity index (χ4n) is 3.92. The number of benzene rings is 1. The molecule has 2 N–H and O–H groups in total. The van der Waals surface area contributed by atoms with Crippen LogP contribution in [0.15, 0.2) is 71.9 Å². The maximum absolute atomic E-state index is 15.1. The molecule has 5 aromatic rings. The minimum atomic E-state index is -0.621. The molecule has 4 heterocycles. The van der Waals surface area contributed by atoms with Gasteiger partial charge in [-0.1, -0.05) is 12.1 Å². The number of ether oxygens (including phenoxy) is 2. The summed E-state index contributed by atoms with van der Waals surface area (Å²) in [7, 11) is 3.25. The Bertz CT molecular complexity index is 1690. The van der Waals surface area contributed by atoms with Crippen molar-refractivity contribution in [3.63, 3.8) is 0 Å². The fraction of sp³-hybridized carbons (Fsp3) is 0.179. The molecule has 0 amide bonds. The first-order chi connectivity index (χ1) is 19.0. The van der Waals surface area contributed by atoms with Crippen LogP contribution in [0.25, 0.3) is 22.3 Å². The zero-order valence-electron chi connectivity index (χ0n) is 21.6. The smallest absolute Gasteiger partial charge is 0.264 e. The number of methoxy groups -OCH3 is 1. The van der Waals surface area contributed by atoms with Gasteiger partial charge in [0, 0.05) is 44.0 Å². The Morgan fingerprint density at radius 1 is 0.974 bits per heavy atom. The third-order valence-corrected chi connectivity index (χ3v) is 6.00. The zero-order chi connectivity index (χ0) is 27.4. The van der Waals surface area contributed by atoms with Crippen LogP contribution in [0, 0.1) is 5.82 Å². The lowest BCUT2D eigenvalue weighted by molar-refractivity contribution is 0.414. The van der Waals surface area contributed by atoms with Gasteiger partial charge in [-0.15, -0.1) is 0 Å². The van der Waals surface area contributed by atoms with E-state index in [2.05, 4.69) is 30.6 Å². The van der Waals surface area contributed by atoms with Crippen LogP contribution in [0.1, 0.15) is 12.5 Å². The van der Waals surface area contributed by atoms with E-state index in [1.54, 1.807) is 32.4 Å². The molecule has 1 aromatic carbocycles. The zero-order valence-corrected chi connectivity index (χ0v) is 21.6. The lowest BCUT2D eigenvalue weighted by atomic mass is 10.2. The Balaban J connectivity index is 1.34. The normalized spacial score (nSPS) is 10.9. The van der Waals surface area contributed by atoms with Gasteiger partial charge in [0.15, 0.2) is 17.2 Å². The number of fused-ring (bicyclic) bond motifs is 1. The van der Waals surface area contributed by atoms with Crippen molar-refractivity contribution < 1.29 is 13.9 Å². The minimum absolute atomic E-state index is 0.00306. The quantitative estimate of drug-likeness (QED) is 0.280. The summed E-state index contributed by atoms with van der Waals surface area (Å²) in [6.07, 6.45) is 4.42. The van der Waals surface area contributed by atoms with Gasteiger partial charge in [0.2, 0.25) is 11.8 Å². The molecule has 0 saturated heterocycles. The molecule has 0 saturated carbocycles. The van der Waals surface area contributed by atoms with Gasteiger partial charge in [0.25, 0.3) is 5.56 Å². The lowest BCUT2D eigenvalue weighted by Gasteiger charge is -2.12. The van der Waals surface area contributed by atoms with Crippen molar-refractivity contribution in [3.05, 3.63) is 88.9 Å². The van der Waals surface area contributed by atoms with Crippen molar-refractivity contribution in [1.82, 2.24) is 24.5 Å². The molecule has 198 valence electrons. The highest BCUT2D eigenvalue weighted by molar-refractivity contribution is 5.79. The highest BCUT2D eigenvalue weighted by Gasteiger charge is 2.14. The van der Waals surface area contributed by atoms with Gasteiger partial charge < -0.3 is 20.1 Å². The predicted octanol–water partition coefficient (Wildman–Crippen LogP) is 4.77. The number of nitrogens with one attached hydrogen (secondary N) is 2. The molecule has 0 aliphatic heterocycles. The molecule has 5 rings (SSSR count). The Morgan fingerprint density at radius 3 is 2.56 bits per heavy atom. The van der Waals surface area contributed by atoms with Gasteiger partial charge in [-0.25, -0.2) is 19.9 Å². The van der Waals surface area contributed by atoms with E-state index in [0.29, 0.717) is 47.1 Å². The van der Waals surface area contributed by atoms with Gasteiger partial charge in [0.1, 0.15) is 11.5 Å². The van der Waals surface area contributed by atoms with E-state index in [1.807, 2.05) is 31.2 Å². The molecule has 39 heavy (non-hydrogen) atoms. The summed E-state index contributed by atoms with van der Waals surface area (Å²) in [6.45, 7) is 2.95. The molecule has 0 aliphatic rings. The number of aromatic nitrogens is 5. The standard InChI is InChI=1S/C28H26FN7O3/c1-4-30-28-34-16-21(27(37)36(28)2)22-10-7-18-13-20(15-33-25(18)35-22)39-23-11-12-31-26(24(23)29)32-14-17-5-8-19(38-3)9-6-17/h5-13,15-16H,4,14H2,1-3H3,(H,30,34)(H,31,32). The number of anilines is 2. The molecule has 0 aliphatic carbocycles. The molecular weight excluding hydrogens is 501 g/mol. The number of nitrogens with zero attached hydrogens (tertiary/aromatic N) is 5. The van der Waals surface area contributed by atoms with Crippen LogP contribution in [0.4, 0.5) is 16.2 Å². The molecule has 0 atom stereocenters. The number of hydrogen-bond acceptors (Lipinski definition) is 9. The van der Waals surface area contributed by atoms with Crippen molar-refractivity contribution in [2.45, 2.75) is 13.5 Å². The number of halogens is 1. The van der Waals surface area contributed by atoms with Crippen LogP contribution in [0.5, 0.6) is 17.2 Å². The van der Waals surface area contributed by atoms with Gasteiger partial charge >= 0.3 is 0 Å². The lowest BCUT2D eigenvalue weighted by Crippen LogP contribution is -2.23. The van der Waals surface area contributed by atoms with Gasteiger partial charge in [-0.05, 0) is 42.8 Å². The summed E-state index contributed by atoms with van der Waals surface area (Å²) in [4.78, 5) is 30.1. The summed E-state index contributed by atoms with van der Waals surface area (Å²) in [6, 6.07) is 14.1. The maximum atomic E-state index is 15.1. The molecule has 0 unspecified atom stereocenters. The monoisotopic (exact) mass is 527 g/mol. The van der Waals surface area contributed by atoms with E-state index in [4.69, 9.17) is 9.47 Å². The Hall–Kier alpha value is -5.06. The number of rotatable bonds is 9. The second kappa shape index (κ2) is 11.1. The highest BCUT2D eigenvalue weighted by atomic mass is 19.1. The van der Waals surface area contributed by atoms with Crippen LogP contribution in [-0.2, 0) is 13.6 Å². The molecule has 0 spiro atoms. The fourth-order valence-corrected chi connectivity index (χ4v) is 3.92. The van der Waals surface area contributed by atoms with Crippen LogP contribution in [-0.4, -0.2) is 38.2 Å². The van der Waals surface area contributed by atoms with Crippen molar-refractivity contribution in [2.24, 2.45) is 7.05 Å². The molecule has 10 nitrogen and oxygen atoms in total. The first-order valence-electron chi connectivity index (χ1n) is 12.2. The number of pyridine rings is 3. The maximum Gasteiger partial charge on any atom is 0.264 e. The topological polar surface area (TPSA) is 116 Å². The average molecular weight is 528 g/mol. The molecule has 4 aromatic heterocycles. The third-order valence-electron chi connectivity index (χ3n) is 6.00. The summed E-state index contributed by atoms with van der Waals surface area (Å²) >= 11 is 0. The van der Waals surface area contributed by atoms with Crippen molar-refractivity contribution >= 4 is 22.8 Å². The minimum Gasteiger partial charge on any atom is -0.497 e. The Kier molecular flexibility index (Phi) is 7.30. The molecule has 0 radical (unpaired) electrons. The number of hydrogen-bond donors (Lipinski definition) is 2. The second-order valence-electron chi connectivity index (χ2n) is 8.58. The van der Waals surface area contributed by atoms with Crippen LogP contribution < -0.4 is 25.7 Å². The summed E-state index contributed by atoms with van der Waals surface area (Å²) in [5.41, 5.74) is 1.94. The molecule has 0 fully saturated rings. The van der Waals surface area contributed by atoms with Gasteiger partial charge in [0.05, 0.1) is 24.6 Å². The van der Waals surface area contributed by atoms with Gasteiger partial charge in [-0.3, -0.25) is 9.36 Å². The average Bonchev–Trinajstić information content (AvgIpc) is 2.96. The van der Waals surface area contributed by atoms with E-state index in [0.717, 1.165) is 11.3 Å². The van der Waals surface area contributed by atoms with Crippen molar-refractivity contribution in [2.75, 3.05) is 24.3 Å². The summed E-state index contributed by atoms with van der Waals surface area (Å²) < 4.78 is 27.5. The first-order valence-corrected chi connectivity index (χ1v) is 12.2. The van der Waals surface area contributed by atoms with E-state index < -0.39 is 5.82 Å². The van der Waals surface area contributed by atoms with Crippen LogP contribution >= 0.6 is 0 Å². The predicted molar refractivity (Wildman–Crippen MR) is 147 cm³/mol. The molecule has 0 bridgehead atoms. The molecular formula is C28H26FN7O3. The second-order valence-corrected chi connectivity index (χ2v) is 8.58. The van der Waals surface area contributed by atoms with Gasteiger partial charge in [-0.2, -0.15) is 4.39 Å². The van der Waals surface area contributed by atoms with Crippen molar-refractivity contribution in [3.8, 4) is 28.5 Å². The van der Waals surface area contributed by atoms with E-state index in [-0.39, 0.29) is 17.1 Å². The van der Waals surface area contributed by atoms with E-state index in [9.17, 15) is 4.79 Å². The highest BCUT2D eigenvalue weighted by Crippen LogP contribution is 2.29. The van der Waals surface area contributed by atoms with E-state index in [1.165, 1.54) is 29.2 Å². The Labute approximate surface area is 223 Å². The largest absolute Gasteiger partial charge is 0.497 e. The Morgan fingerprint density at radius 2 is 1.79 bits per heavy atom. The third kappa shape index (κ3) is 5.47. The molecule has 11 heteroatoms. The van der Waals surface area contributed by atoms with Crippen LogP contribution in [0.3, 0.4) is 0 Å². The SMILES string of the molecule is CCNc1ncc(-c2ccc3cc(Oc4ccnc(NCc5ccc(OC)cc5)c4F)cnc3n2)c(=O)n1C.